The summed E-state index contributed by atoms with van der Waals surface area (Å²) >= 11 is 0. The number of carbonyl (C=O) groups is 1. The van der Waals surface area contributed by atoms with Gasteiger partial charge in [0.05, 0.1) is 11.7 Å². The molecule has 0 aromatic heterocycles. The Labute approximate surface area is 120 Å². The lowest BCUT2D eigenvalue weighted by molar-refractivity contribution is -0.129. The van der Waals surface area contributed by atoms with Crippen molar-refractivity contribution in [3.8, 4) is 0 Å². The summed E-state index contributed by atoms with van der Waals surface area (Å²) in [6.45, 7) is 4.22. The first kappa shape index (κ1) is 14.3. The third-order valence-electron chi connectivity index (χ3n) is 4.95. The molecule has 0 aromatic carbocycles. The zero-order valence-corrected chi connectivity index (χ0v) is 12.2. The summed E-state index contributed by atoms with van der Waals surface area (Å²) in [5.41, 5.74) is 0.0966. The first-order valence-corrected chi connectivity index (χ1v) is 8.01. The van der Waals surface area contributed by atoms with Crippen LogP contribution in [-0.4, -0.2) is 50.5 Å². The number of carbonyl (C=O) groups excluding carboxylic acids is 1. The Morgan fingerprint density at radius 1 is 1.15 bits per heavy atom. The third-order valence-corrected chi connectivity index (χ3v) is 4.95. The number of rotatable bonds is 3. The number of hydrogen-bond donors (Lipinski definition) is 2. The van der Waals surface area contributed by atoms with Crippen molar-refractivity contribution >= 4 is 5.91 Å². The van der Waals surface area contributed by atoms with Gasteiger partial charge in [-0.05, 0) is 51.6 Å². The third kappa shape index (κ3) is 3.32. The fourth-order valence-electron chi connectivity index (χ4n) is 3.61. The van der Waals surface area contributed by atoms with Gasteiger partial charge in [0.15, 0.2) is 0 Å². The quantitative estimate of drug-likeness (QED) is 0.805. The molecular weight excluding hydrogens is 256 g/mol. The average Bonchev–Trinajstić information content (AvgIpc) is 2.89. The molecule has 0 bridgehead atoms. The van der Waals surface area contributed by atoms with Crippen LogP contribution in [0.5, 0.6) is 0 Å². The van der Waals surface area contributed by atoms with Gasteiger partial charge in [-0.25, -0.2) is 0 Å². The normalized spacial score (nSPS) is 30.5. The molecule has 0 aliphatic carbocycles. The van der Waals surface area contributed by atoms with Crippen LogP contribution in [0.15, 0.2) is 0 Å². The Bertz CT molecular complexity index is 336. The van der Waals surface area contributed by atoms with E-state index in [2.05, 4.69) is 10.6 Å². The molecule has 3 fully saturated rings. The zero-order chi connectivity index (χ0) is 13.8. The van der Waals surface area contributed by atoms with Crippen molar-refractivity contribution < 1.29 is 14.3 Å². The summed E-state index contributed by atoms with van der Waals surface area (Å²) in [5, 5.41) is 6.46. The van der Waals surface area contributed by atoms with Crippen LogP contribution in [0, 0.1) is 5.92 Å². The summed E-state index contributed by atoms with van der Waals surface area (Å²) in [5.74, 6) is 0.321. The van der Waals surface area contributed by atoms with Gasteiger partial charge in [-0.1, -0.05) is 0 Å². The van der Waals surface area contributed by atoms with Crippen molar-refractivity contribution in [1.29, 1.82) is 0 Å². The molecule has 2 N–H and O–H groups in total. The topological polar surface area (TPSA) is 59.6 Å². The van der Waals surface area contributed by atoms with E-state index in [1.807, 2.05) is 0 Å². The van der Waals surface area contributed by atoms with Gasteiger partial charge >= 0.3 is 0 Å². The molecule has 0 saturated carbocycles. The van der Waals surface area contributed by atoms with Crippen molar-refractivity contribution in [2.24, 2.45) is 5.92 Å². The van der Waals surface area contributed by atoms with E-state index in [1.165, 1.54) is 0 Å². The summed E-state index contributed by atoms with van der Waals surface area (Å²) in [4.78, 5) is 12.1. The predicted molar refractivity (Wildman–Crippen MR) is 75.5 cm³/mol. The van der Waals surface area contributed by atoms with Gasteiger partial charge in [0.1, 0.15) is 0 Å². The maximum absolute atomic E-state index is 12.1. The molecule has 3 heterocycles. The number of piperidine rings is 1. The Balaban J connectivity index is 1.41. The molecule has 1 atom stereocenters. The van der Waals surface area contributed by atoms with E-state index in [4.69, 9.17) is 9.47 Å². The van der Waals surface area contributed by atoms with E-state index >= 15 is 0 Å². The molecule has 3 aliphatic rings. The van der Waals surface area contributed by atoms with Crippen LogP contribution in [0.2, 0.25) is 0 Å². The highest BCUT2D eigenvalue weighted by atomic mass is 16.5. The van der Waals surface area contributed by atoms with Crippen LogP contribution in [0.25, 0.3) is 0 Å². The largest absolute Gasteiger partial charge is 0.381 e. The Kier molecular flexibility index (Phi) is 4.58. The number of nitrogens with one attached hydrogen (secondary N) is 2. The van der Waals surface area contributed by atoms with E-state index in [1.54, 1.807) is 0 Å². The molecule has 0 radical (unpaired) electrons. The van der Waals surface area contributed by atoms with Gasteiger partial charge in [0, 0.05) is 25.7 Å². The molecule has 3 saturated heterocycles. The van der Waals surface area contributed by atoms with Crippen LogP contribution in [0.1, 0.15) is 38.5 Å². The SMILES string of the molecule is O=C(NCC1CCC2(CCNCC2)O1)C1CCOCC1. The van der Waals surface area contributed by atoms with Gasteiger partial charge in [-0.15, -0.1) is 0 Å². The van der Waals surface area contributed by atoms with Crippen LogP contribution in [-0.2, 0) is 14.3 Å². The lowest BCUT2D eigenvalue weighted by atomic mass is 9.89. The van der Waals surface area contributed by atoms with Crippen molar-refractivity contribution in [2.75, 3.05) is 32.8 Å². The monoisotopic (exact) mass is 282 g/mol. The van der Waals surface area contributed by atoms with Gasteiger partial charge in [-0.2, -0.15) is 0 Å². The predicted octanol–water partition coefficient (Wildman–Crippen LogP) is 0.830. The lowest BCUT2D eigenvalue weighted by Crippen LogP contribution is -2.43. The Morgan fingerprint density at radius 3 is 2.65 bits per heavy atom. The molecule has 3 aliphatic heterocycles. The van der Waals surface area contributed by atoms with Crippen LogP contribution in [0.3, 0.4) is 0 Å². The molecule has 3 rings (SSSR count). The van der Waals surface area contributed by atoms with E-state index in [0.29, 0.717) is 19.8 Å². The van der Waals surface area contributed by atoms with Gasteiger partial charge in [0.2, 0.25) is 5.91 Å². The first-order chi connectivity index (χ1) is 9.77. The Morgan fingerprint density at radius 2 is 1.90 bits per heavy atom. The molecule has 5 heteroatoms. The molecule has 20 heavy (non-hydrogen) atoms. The van der Waals surface area contributed by atoms with Gasteiger partial charge in [0.25, 0.3) is 0 Å². The molecule has 1 spiro atoms. The summed E-state index contributed by atoms with van der Waals surface area (Å²) < 4.78 is 11.5. The minimum absolute atomic E-state index is 0.0966. The Hall–Kier alpha value is -0.650. The molecule has 1 amide bonds. The fraction of sp³-hybridized carbons (Fsp3) is 0.933. The lowest BCUT2D eigenvalue weighted by Gasteiger charge is -2.34. The van der Waals surface area contributed by atoms with E-state index in [9.17, 15) is 4.79 Å². The second-order valence-electron chi connectivity index (χ2n) is 6.34. The second kappa shape index (κ2) is 6.41. The molecule has 1 unspecified atom stereocenters. The van der Waals surface area contributed by atoms with Crippen molar-refractivity contribution in [1.82, 2.24) is 10.6 Å². The van der Waals surface area contributed by atoms with Crippen LogP contribution < -0.4 is 10.6 Å². The number of ether oxygens (including phenoxy) is 2. The molecular formula is C15H26N2O3. The second-order valence-corrected chi connectivity index (χ2v) is 6.34. The fourth-order valence-corrected chi connectivity index (χ4v) is 3.61. The van der Waals surface area contributed by atoms with Crippen molar-refractivity contribution in [3.05, 3.63) is 0 Å². The summed E-state index contributed by atoms with van der Waals surface area (Å²) in [6.07, 6.45) is 6.35. The maximum atomic E-state index is 12.1. The van der Waals surface area contributed by atoms with E-state index in [0.717, 1.165) is 51.6 Å². The number of amides is 1. The maximum Gasteiger partial charge on any atom is 0.223 e. The highest BCUT2D eigenvalue weighted by molar-refractivity contribution is 5.78. The minimum atomic E-state index is 0.0966. The summed E-state index contributed by atoms with van der Waals surface area (Å²) in [7, 11) is 0. The highest BCUT2D eigenvalue weighted by Gasteiger charge is 2.40. The standard InChI is InChI=1S/C15H26N2O3/c18-14(12-2-9-19-10-3-12)17-11-13-1-4-15(20-13)5-7-16-8-6-15/h12-13,16H,1-11H2,(H,17,18). The summed E-state index contributed by atoms with van der Waals surface area (Å²) in [6, 6.07) is 0. The highest BCUT2D eigenvalue weighted by Crippen LogP contribution is 2.37. The smallest absolute Gasteiger partial charge is 0.223 e. The van der Waals surface area contributed by atoms with Crippen molar-refractivity contribution in [2.45, 2.75) is 50.2 Å². The average molecular weight is 282 g/mol. The van der Waals surface area contributed by atoms with E-state index in [-0.39, 0.29) is 23.5 Å². The molecule has 0 aromatic rings. The van der Waals surface area contributed by atoms with Crippen LogP contribution in [0.4, 0.5) is 0 Å². The van der Waals surface area contributed by atoms with Crippen LogP contribution >= 0.6 is 0 Å². The van der Waals surface area contributed by atoms with Gasteiger partial charge in [-0.3, -0.25) is 4.79 Å². The molecule has 114 valence electrons. The first-order valence-electron chi connectivity index (χ1n) is 8.01. The van der Waals surface area contributed by atoms with Crippen molar-refractivity contribution in [3.63, 3.8) is 0 Å². The minimum Gasteiger partial charge on any atom is -0.381 e. The van der Waals surface area contributed by atoms with Gasteiger partial charge < -0.3 is 20.1 Å². The number of hydrogen-bond acceptors (Lipinski definition) is 4. The zero-order valence-electron chi connectivity index (χ0n) is 12.2. The van der Waals surface area contributed by atoms with E-state index < -0.39 is 0 Å². The molecule has 5 nitrogen and oxygen atoms in total.